The fourth-order valence-electron chi connectivity index (χ4n) is 3.97. The van der Waals surface area contributed by atoms with E-state index in [1.165, 1.54) is 16.8 Å². The molecular formula is C19H24N6O2. The number of carbonyl (C=O) groups is 1. The van der Waals surface area contributed by atoms with Gasteiger partial charge >= 0.3 is 0 Å². The molecule has 4 heterocycles. The van der Waals surface area contributed by atoms with Crippen molar-refractivity contribution in [3.05, 3.63) is 46.3 Å². The normalized spacial score (nSPS) is 21.8. The molecule has 2 aromatic heterocycles. The predicted octanol–water partition coefficient (Wildman–Crippen LogP) is 0.902. The zero-order chi connectivity index (χ0) is 19.1. The van der Waals surface area contributed by atoms with Gasteiger partial charge in [-0.3, -0.25) is 9.59 Å². The highest BCUT2D eigenvalue weighted by atomic mass is 16.2. The number of carbonyl (C=O) groups excluding carboxylic acids is 1. The topological polar surface area (TPSA) is 84.2 Å². The first-order valence-corrected chi connectivity index (χ1v) is 9.33. The van der Waals surface area contributed by atoms with Crippen molar-refractivity contribution >= 4 is 11.7 Å². The molecule has 142 valence electrons. The summed E-state index contributed by atoms with van der Waals surface area (Å²) in [6.45, 7) is 7.47. The number of anilines is 1. The van der Waals surface area contributed by atoms with Crippen LogP contribution in [0.3, 0.4) is 0 Å². The molecule has 1 amide bonds. The molecule has 8 nitrogen and oxygen atoms in total. The highest BCUT2D eigenvalue weighted by Gasteiger charge is 2.42. The van der Waals surface area contributed by atoms with Crippen molar-refractivity contribution in [1.82, 2.24) is 24.6 Å². The Hall–Kier alpha value is -2.77. The molecule has 2 fully saturated rings. The van der Waals surface area contributed by atoms with Crippen LogP contribution in [0.5, 0.6) is 0 Å². The number of aromatic nitrogens is 4. The number of rotatable bonds is 3. The Balaban J connectivity index is 1.43. The van der Waals surface area contributed by atoms with Crippen molar-refractivity contribution in [1.29, 1.82) is 0 Å². The van der Waals surface area contributed by atoms with Gasteiger partial charge in [-0.05, 0) is 12.0 Å². The molecule has 4 rings (SSSR count). The van der Waals surface area contributed by atoms with Crippen molar-refractivity contribution in [2.24, 2.45) is 18.9 Å². The molecule has 2 saturated heterocycles. The summed E-state index contributed by atoms with van der Waals surface area (Å²) in [5.74, 6) is 2.10. The van der Waals surface area contributed by atoms with E-state index in [9.17, 15) is 9.59 Å². The predicted molar refractivity (Wildman–Crippen MR) is 101 cm³/mol. The molecule has 0 spiro atoms. The lowest BCUT2D eigenvalue weighted by atomic mass is 10.0. The molecule has 2 aliphatic heterocycles. The van der Waals surface area contributed by atoms with E-state index in [4.69, 9.17) is 0 Å². The first-order chi connectivity index (χ1) is 12.9. The molecule has 0 bridgehead atoms. The molecule has 2 unspecified atom stereocenters. The zero-order valence-electron chi connectivity index (χ0n) is 15.9. The van der Waals surface area contributed by atoms with Crippen LogP contribution in [0.15, 0.2) is 29.3 Å². The van der Waals surface area contributed by atoms with Crippen molar-refractivity contribution in [3.63, 3.8) is 0 Å². The summed E-state index contributed by atoms with van der Waals surface area (Å²) in [6, 6.07) is 4.97. The zero-order valence-corrected chi connectivity index (χ0v) is 15.9. The fraction of sp³-hybridized carbons (Fsp3) is 0.526. The Bertz CT molecular complexity index is 910. The van der Waals surface area contributed by atoms with Crippen LogP contribution in [-0.2, 0) is 7.05 Å². The minimum absolute atomic E-state index is 0.101. The molecule has 2 aromatic rings. The standard InChI is InChI=1S/C19H24N6O2/c1-12(2)16-6-17(21-11-20-16)24-7-13-9-25(10-14(13)8-24)19(27)15-4-5-18(26)23(3)22-15/h4-6,11-14H,7-10H2,1-3H3. The summed E-state index contributed by atoms with van der Waals surface area (Å²) in [7, 11) is 1.56. The maximum Gasteiger partial charge on any atom is 0.274 e. The van der Waals surface area contributed by atoms with E-state index in [0.717, 1.165) is 24.6 Å². The SMILES string of the molecule is CC(C)c1cc(N2CC3CN(C(=O)c4ccc(=O)n(C)n4)CC3C2)ncn1. The quantitative estimate of drug-likeness (QED) is 0.800. The average molecular weight is 368 g/mol. The summed E-state index contributed by atoms with van der Waals surface area (Å²) < 4.78 is 1.20. The van der Waals surface area contributed by atoms with Gasteiger partial charge in [-0.15, -0.1) is 0 Å². The Kier molecular flexibility index (Phi) is 4.41. The smallest absolute Gasteiger partial charge is 0.274 e. The third-order valence-electron chi connectivity index (χ3n) is 5.54. The number of hydrogen-bond acceptors (Lipinski definition) is 6. The van der Waals surface area contributed by atoms with E-state index < -0.39 is 0 Å². The van der Waals surface area contributed by atoms with Gasteiger partial charge in [-0.2, -0.15) is 5.10 Å². The van der Waals surface area contributed by atoms with Gasteiger partial charge in [0.05, 0.1) is 0 Å². The minimum atomic E-state index is -0.217. The van der Waals surface area contributed by atoms with Crippen molar-refractivity contribution in [2.45, 2.75) is 19.8 Å². The maximum atomic E-state index is 12.7. The third-order valence-corrected chi connectivity index (χ3v) is 5.54. The van der Waals surface area contributed by atoms with E-state index in [2.05, 4.69) is 39.9 Å². The minimum Gasteiger partial charge on any atom is -0.356 e. The number of likely N-dealkylation sites (tertiary alicyclic amines) is 1. The summed E-state index contributed by atoms with van der Waals surface area (Å²) in [5, 5.41) is 4.09. The first-order valence-electron chi connectivity index (χ1n) is 9.33. The van der Waals surface area contributed by atoms with Crippen LogP contribution >= 0.6 is 0 Å². The molecule has 0 aliphatic carbocycles. The van der Waals surface area contributed by atoms with Crippen molar-refractivity contribution in [3.8, 4) is 0 Å². The second-order valence-electron chi connectivity index (χ2n) is 7.77. The number of nitrogens with zero attached hydrogens (tertiary/aromatic N) is 6. The number of fused-ring (bicyclic) bond motifs is 1. The monoisotopic (exact) mass is 368 g/mol. The van der Waals surface area contributed by atoms with Gasteiger partial charge in [0.25, 0.3) is 11.5 Å². The Morgan fingerprint density at radius 2 is 1.81 bits per heavy atom. The Labute approximate surface area is 157 Å². The van der Waals surface area contributed by atoms with Gasteiger partial charge in [-0.25, -0.2) is 14.6 Å². The lowest BCUT2D eigenvalue weighted by Crippen LogP contribution is -2.35. The molecule has 0 aromatic carbocycles. The van der Waals surface area contributed by atoms with Crippen LogP contribution in [0, 0.1) is 11.8 Å². The maximum absolute atomic E-state index is 12.7. The van der Waals surface area contributed by atoms with Gasteiger partial charge in [-0.1, -0.05) is 13.8 Å². The van der Waals surface area contributed by atoms with Gasteiger partial charge in [0.15, 0.2) is 0 Å². The number of amides is 1. The van der Waals surface area contributed by atoms with Gasteiger partial charge < -0.3 is 9.80 Å². The van der Waals surface area contributed by atoms with Crippen molar-refractivity contribution in [2.75, 3.05) is 31.1 Å². The van der Waals surface area contributed by atoms with E-state index in [-0.39, 0.29) is 11.5 Å². The van der Waals surface area contributed by atoms with Gasteiger partial charge in [0.1, 0.15) is 17.8 Å². The summed E-state index contributed by atoms with van der Waals surface area (Å²) >= 11 is 0. The molecule has 2 atom stereocenters. The van der Waals surface area contributed by atoms with Gasteiger partial charge in [0, 0.05) is 62.9 Å². The summed E-state index contributed by atoms with van der Waals surface area (Å²) in [5.41, 5.74) is 1.16. The largest absolute Gasteiger partial charge is 0.356 e. The van der Waals surface area contributed by atoms with Gasteiger partial charge in [0.2, 0.25) is 0 Å². The van der Waals surface area contributed by atoms with Crippen LogP contribution in [0.2, 0.25) is 0 Å². The summed E-state index contributed by atoms with van der Waals surface area (Å²) in [6.07, 6.45) is 1.64. The second-order valence-corrected chi connectivity index (χ2v) is 7.77. The lowest BCUT2D eigenvalue weighted by Gasteiger charge is -2.22. The molecule has 27 heavy (non-hydrogen) atoms. The molecule has 2 aliphatic rings. The van der Waals surface area contributed by atoms with Crippen molar-refractivity contribution < 1.29 is 4.79 Å². The second kappa shape index (κ2) is 6.75. The molecule has 8 heteroatoms. The van der Waals surface area contributed by atoms with Crippen LogP contribution in [0.1, 0.15) is 35.9 Å². The first kappa shape index (κ1) is 17.6. The molecule has 0 saturated carbocycles. The molecular weight excluding hydrogens is 344 g/mol. The average Bonchev–Trinajstić information content (AvgIpc) is 3.22. The Morgan fingerprint density at radius 3 is 2.44 bits per heavy atom. The highest BCUT2D eigenvalue weighted by Crippen LogP contribution is 2.34. The van der Waals surface area contributed by atoms with E-state index in [1.54, 1.807) is 13.4 Å². The molecule has 0 N–H and O–H groups in total. The Morgan fingerprint density at radius 1 is 1.11 bits per heavy atom. The number of aryl methyl sites for hydroxylation is 1. The van der Waals surface area contributed by atoms with Crippen LogP contribution in [0.25, 0.3) is 0 Å². The lowest BCUT2D eigenvalue weighted by molar-refractivity contribution is 0.0774. The number of hydrogen-bond donors (Lipinski definition) is 0. The fourth-order valence-corrected chi connectivity index (χ4v) is 3.97. The van der Waals surface area contributed by atoms with E-state index in [0.29, 0.717) is 36.5 Å². The molecule has 0 radical (unpaired) electrons. The van der Waals surface area contributed by atoms with E-state index in [1.807, 2.05) is 4.90 Å². The van der Waals surface area contributed by atoms with Crippen LogP contribution in [-0.4, -0.2) is 56.7 Å². The van der Waals surface area contributed by atoms with E-state index >= 15 is 0 Å². The summed E-state index contributed by atoms with van der Waals surface area (Å²) in [4.78, 5) is 37.1. The highest BCUT2D eigenvalue weighted by molar-refractivity contribution is 5.92. The van der Waals surface area contributed by atoms with Crippen LogP contribution in [0.4, 0.5) is 5.82 Å². The third kappa shape index (κ3) is 3.31. The van der Waals surface area contributed by atoms with Crippen LogP contribution < -0.4 is 10.5 Å².